The molecule has 0 saturated heterocycles. The lowest BCUT2D eigenvalue weighted by atomic mass is 9.99. The number of carboxylic acid groups (broad SMARTS) is 1. The molecule has 0 heterocycles. The number of hydrogen-bond donors (Lipinski definition) is 1. The zero-order chi connectivity index (χ0) is 17.5. The molecule has 3 rings (SSSR count). The van der Waals surface area contributed by atoms with Crippen LogP contribution in [0.25, 0.3) is 17.2 Å². The van der Waals surface area contributed by atoms with Crippen LogP contribution in [0, 0.1) is 11.8 Å². The van der Waals surface area contributed by atoms with Gasteiger partial charge < -0.3 is 5.11 Å². The predicted molar refractivity (Wildman–Crippen MR) is 101 cm³/mol. The molecule has 0 atom stereocenters. The lowest BCUT2D eigenvalue weighted by molar-refractivity contribution is 0.0697. The van der Waals surface area contributed by atoms with Crippen LogP contribution in [0.15, 0.2) is 84.9 Å². The summed E-state index contributed by atoms with van der Waals surface area (Å²) in [6.45, 7) is 0. The Morgan fingerprint density at radius 3 is 2.24 bits per heavy atom. The average Bonchev–Trinajstić information content (AvgIpc) is 2.66. The summed E-state index contributed by atoms with van der Waals surface area (Å²) >= 11 is 0. The number of aromatic carboxylic acids is 1. The van der Waals surface area contributed by atoms with Gasteiger partial charge in [0.2, 0.25) is 0 Å². The molecule has 0 aliphatic heterocycles. The van der Waals surface area contributed by atoms with Crippen molar-refractivity contribution in [3.8, 4) is 23.0 Å². The van der Waals surface area contributed by atoms with E-state index in [0.29, 0.717) is 0 Å². The lowest BCUT2D eigenvalue weighted by Gasteiger charge is -2.05. The Labute approximate surface area is 147 Å². The minimum Gasteiger partial charge on any atom is -0.478 e. The maximum atomic E-state index is 10.8. The molecule has 3 aromatic rings. The maximum Gasteiger partial charge on any atom is 0.335 e. The van der Waals surface area contributed by atoms with Gasteiger partial charge in [-0.15, -0.1) is 0 Å². The van der Waals surface area contributed by atoms with Gasteiger partial charge >= 0.3 is 5.97 Å². The van der Waals surface area contributed by atoms with E-state index in [4.69, 9.17) is 5.11 Å². The van der Waals surface area contributed by atoms with Crippen molar-refractivity contribution in [2.45, 2.75) is 0 Å². The number of carbonyl (C=O) groups is 1. The highest BCUT2D eigenvalue weighted by Gasteiger charge is 2.01. The van der Waals surface area contributed by atoms with Crippen LogP contribution in [0.5, 0.6) is 0 Å². The van der Waals surface area contributed by atoms with Crippen LogP contribution < -0.4 is 0 Å². The fourth-order valence-electron chi connectivity index (χ4n) is 2.48. The molecule has 120 valence electrons. The van der Waals surface area contributed by atoms with Crippen LogP contribution in [0.4, 0.5) is 0 Å². The van der Waals surface area contributed by atoms with Gasteiger partial charge in [-0.05, 0) is 53.1 Å². The number of hydrogen-bond acceptors (Lipinski definition) is 1. The van der Waals surface area contributed by atoms with Crippen LogP contribution in [0.3, 0.4) is 0 Å². The standard InChI is InChI=1S/C23H16O2/c24-23(25)21-16-14-18(15-17-21)8-4-5-11-20-12-6-7-13-22(20)19-9-2-1-3-10-19/h1-3,5-7,9-17H,(H,24,25). The fourth-order valence-corrected chi connectivity index (χ4v) is 2.48. The Morgan fingerprint density at radius 1 is 0.840 bits per heavy atom. The van der Waals surface area contributed by atoms with E-state index in [0.717, 1.165) is 16.7 Å². The van der Waals surface area contributed by atoms with E-state index < -0.39 is 5.97 Å². The molecule has 1 N–H and O–H groups in total. The first-order chi connectivity index (χ1) is 12.2. The van der Waals surface area contributed by atoms with E-state index in [2.05, 4.69) is 36.1 Å². The molecule has 0 spiro atoms. The molecule has 0 unspecified atom stereocenters. The zero-order valence-corrected chi connectivity index (χ0v) is 13.5. The van der Waals surface area contributed by atoms with Gasteiger partial charge in [0.25, 0.3) is 0 Å². The first kappa shape index (κ1) is 16.3. The highest BCUT2D eigenvalue weighted by Crippen LogP contribution is 2.24. The second kappa shape index (κ2) is 7.81. The van der Waals surface area contributed by atoms with Gasteiger partial charge in [-0.25, -0.2) is 4.79 Å². The number of carboxylic acids is 1. The summed E-state index contributed by atoms with van der Waals surface area (Å²) in [7, 11) is 0. The summed E-state index contributed by atoms with van der Waals surface area (Å²) < 4.78 is 0. The van der Waals surface area contributed by atoms with E-state index in [-0.39, 0.29) is 5.56 Å². The Balaban J connectivity index is 1.79. The van der Waals surface area contributed by atoms with E-state index in [1.165, 1.54) is 5.56 Å². The monoisotopic (exact) mass is 324 g/mol. The molecule has 2 heteroatoms. The van der Waals surface area contributed by atoms with Gasteiger partial charge in [-0.2, -0.15) is 0 Å². The van der Waals surface area contributed by atoms with Gasteiger partial charge in [0.15, 0.2) is 0 Å². The molecule has 0 aromatic heterocycles. The minimum absolute atomic E-state index is 0.262. The molecule has 0 aliphatic carbocycles. The van der Waals surface area contributed by atoms with E-state index in [1.54, 1.807) is 24.3 Å². The van der Waals surface area contributed by atoms with Gasteiger partial charge in [-0.1, -0.05) is 66.4 Å². The van der Waals surface area contributed by atoms with Crippen LogP contribution in [-0.2, 0) is 0 Å². The third-order valence-electron chi connectivity index (χ3n) is 3.74. The highest BCUT2D eigenvalue weighted by molar-refractivity contribution is 5.87. The smallest absolute Gasteiger partial charge is 0.335 e. The zero-order valence-electron chi connectivity index (χ0n) is 13.5. The second-order valence-electron chi connectivity index (χ2n) is 5.44. The average molecular weight is 324 g/mol. The van der Waals surface area contributed by atoms with Crippen molar-refractivity contribution in [3.05, 3.63) is 102 Å². The van der Waals surface area contributed by atoms with Crippen molar-refractivity contribution in [1.29, 1.82) is 0 Å². The molecular formula is C23H16O2. The highest BCUT2D eigenvalue weighted by atomic mass is 16.4. The van der Waals surface area contributed by atoms with E-state index in [9.17, 15) is 4.79 Å². The first-order valence-corrected chi connectivity index (χ1v) is 7.90. The molecule has 3 aromatic carbocycles. The van der Waals surface area contributed by atoms with Gasteiger partial charge in [-0.3, -0.25) is 0 Å². The summed E-state index contributed by atoms with van der Waals surface area (Å²) in [5.74, 6) is 5.08. The van der Waals surface area contributed by atoms with Crippen LogP contribution in [-0.4, -0.2) is 11.1 Å². The summed E-state index contributed by atoms with van der Waals surface area (Å²) in [5.41, 5.74) is 4.47. The third kappa shape index (κ3) is 4.25. The normalized spacial score (nSPS) is 10.2. The van der Waals surface area contributed by atoms with Crippen LogP contribution >= 0.6 is 0 Å². The van der Waals surface area contributed by atoms with Crippen molar-refractivity contribution < 1.29 is 9.90 Å². The summed E-state index contributed by atoms with van der Waals surface area (Å²) in [6.07, 6.45) is 3.80. The van der Waals surface area contributed by atoms with Gasteiger partial charge in [0, 0.05) is 5.56 Å². The van der Waals surface area contributed by atoms with E-state index in [1.807, 2.05) is 42.5 Å². The molecule has 0 bridgehead atoms. The van der Waals surface area contributed by atoms with Crippen molar-refractivity contribution in [2.24, 2.45) is 0 Å². The van der Waals surface area contributed by atoms with E-state index >= 15 is 0 Å². The van der Waals surface area contributed by atoms with Crippen LogP contribution in [0.2, 0.25) is 0 Å². The number of rotatable bonds is 3. The van der Waals surface area contributed by atoms with Gasteiger partial charge in [0.05, 0.1) is 5.56 Å². The molecule has 0 amide bonds. The Morgan fingerprint density at radius 2 is 1.52 bits per heavy atom. The quantitative estimate of drug-likeness (QED) is 0.679. The van der Waals surface area contributed by atoms with Crippen molar-refractivity contribution in [2.75, 3.05) is 0 Å². The predicted octanol–water partition coefficient (Wildman–Crippen LogP) is 5.12. The third-order valence-corrected chi connectivity index (χ3v) is 3.74. The molecule has 25 heavy (non-hydrogen) atoms. The second-order valence-corrected chi connectivity index (χ2v) is 5.44. The van der Waals surface area contributed by atoms with Crippen molar-refractivity contribution in [1.82, 2.24) is 0 Å². The Kier molecular flexibility index (Phi) is 5.09. The number of benzene rings is 3. The topological polar surface area (TPSA) is 37.3 Å². The Hall–Kier alpha value is -3.57. The SMILES string of the molecule is O=C(O)c1ccc(C#CC=Cc2ccccc2-c2ccccc2)cc1. The molecule has 0 radical (unpaired) electrons. The van der Waals surface area contributed by atoms with Gasteiger partial charge in [0.1, 0.15) is 0 Å². The largest absolute Gasteiger partial charge is 0.478 e. The van der Waals surface area contributed by atoms with Crippen molar-refractivity contribution in [3.63, 3.8) is 0 Å². The molecular weight excluding hydrogens is 308 g/mol. The molecule has 0 fully saturated rings. The maximum absolute atomic E-state index is 10.8. The lowest BCUT2D eigenvalue weighted by Crippen LogP contribution is -1.94. The fraction of sp³-hybridized carbons (Fsp3) is 0. The Bertz CT molecular complexity index is 956. The summed E-state index contributed by atoms with van der Waals surface area (Å²) in [6, 6.07) is 24.9. The molecule has 2 nitrogen and oxygen atoms in total. The van der Waals surface area contributed by atoms with Crippen molar-refractivity contribution >= 4 is 12.0 Å². The molecule has 0 saturated carbocycles. The van der Waals surface area contributed by atoms with Crippen LogP contribution in [0.1, 0.15) is 21.5 Å². The number of allylic oxidation sites excluding steroid dienone is 1. The summed E-state index contributed by atoms with van der Waals surface area (Å²) in [4.78, 5) is 10.8. The minimum atomic E-state index is -0.933. The first-order valence-electron chi connectivity index (χ1n) is 7.90. The summed E-state index contributed by atoms with van der Waals surface area (Å²) in [5, 5.41) is 8.89. The molecule has 0 aliphatic rings.